The number of hydrogen-bond donors (Lipinski definition) is 2. The number of rotatable bonds is 4. The van der Waals surface area contributed by atoms with Gasteiger partial charge >= 0.3 is 0 Å². The van der Waals surface area contributed by atoms with Crippen molar-refractivity contribution >= 4 is 0 Å². The first-order valence-corrected chi connectivity index (χ1v) is 4.77. The average molecular weight is 164 g/mol. The minimum atomic E-state index is 0.962. The van der Waals surface area contributed by atoms with E-state index in [1.54, 1.807) is 0 Å². The van der Waals surface area contributed by atoms with Crippen molar-refractivity contribution in [3.05, 3.63) is 24.0 Å². The van der Waals surface area contributed by atoms with Gasteiger partial charge in [-0.1, -0.05) is 6.42 Å². The van der Waals surface area contributed by atoms with E-state index in [0.717, 1.165) is 12.5 Å². The van der Waals surface area contributed by atoms with Crippen LogP contribution >= 0.6 is 0 Å². The van der Waals surface area contributed by atoms with E-state index in [-0.39, 0.29) is 0 Å². The SMILES string of the molecule is c1cc(CNCC2CCC2)c[nH]1. The molecule has 1 fully saturated rings. The fourth-order valence-corrected chi connectivity index (χ4v) is 1.59. The average Bonchev–Trinajstić information content (AvgIpc) is 2.46. The second kappa shape index (κ2) is 3.76. The predicted octanol–water partition coefficient (Wildman–Crippen LogP) is 1.90. The van der Waals surface area contributed by atoms with Crippen molar-refractivity contribution in [2.75, 3.05) is 6.54 Å². The van der Waals surface area contributed by atoms with E-state index < -0.39 is 0 Å². The zero-order chi connectivity index (χ0) is 8.23. The number of aromatic amines is 1. The third-order valence-corrected chi connectivity index (χ3v) is 2.65. The largest absolute Gasteiger partial charge is 0.367 e. The first kappa shape index (κ1) is 7.87. The van der Waals surface area contributed by atoms with Gasteiger partial charge in [-0.05, 0) is 36.9 Å². The highest BCUT2D eigenvalue weighted by Gasteiger charge is 2.15. The van der Waals surface area contributed by atoms with E-state index in [1.165, 1.54) is 31.4 Å². The van der Waals surface area contributed by atoms with Crippen LogP contribution in [0, 0.1) is 5.92 Å². The van der Waals surface area contributed by atoms with Crippen molar-refractivity contribution in [2.24, 2.45) is 5.92 Å². The molecule has 0 bridgehead atoms. The number of aromatic nitrogens is 1. The standard InChI is InChI=1S/C10H16N2/c1-2-9(3-1)6-12-8-10-4-5-11-7-10/h4-5,7,9,11-12H,1-3,6,8H2. The van der Waals surface area contributed by atoms with Gasteiger partial charge < -0.3 is 10.3 Å². The van der Waals surface area contributed by atoms with Crippen LogP contribution in [0.15, 0.2) is 18.5 Å². The molecule has 1 heterocycles. The van der Waals surface area contributed by atoms with E-state index >= 15 is 0 Å². The fourth-order valence-electron chi connectivity index (χ4n) is 1.59. The Morgan fingerprint density at radius 1 is 1.50 bits per heavy atom. The van der Waals surface area contributed by atoms with E-state index in [1.807, 2.05) is 12.4 Å². The summed E-state index contributed by atoms with van der Waals surface area (Å²) in [4.78, 5) is 3.06. The maximum atomic E-state index is 3.47. The summed E-state index contributed by atoms with van der Waals surface area (Å²) in [6.45, 7) is 2.21. The van der Waals surface area contributed by atoms with Gasteiger partial charge in [0.15, 0.2) is 0 Å². The lowest BCUT2D eigenvalue weighted by Gasteiger charge is -2.25. The van der Waals surface area contributed by atoms with Crippen LogP contribution in [0.5, 0.6) is 0 Å². The second-order valence-electron chi connectivity index (χ2n) is 3.65. The molecule has 0 aliphatic heterocycles. The zero-order valence-corrected chi connectivity index (χ0v) is 7.34. The molecular formula is C10H16N2. The summed E-state index contributed by atoms with van der Waals surface area (Å²) < 4.78 is 0. The van der Waals surface area contributed by atoms with Crippen molar-refractivity contribution in [3.63, 3.8) is 0 Å². The maximum Gasteiger partial charge on any atom is 0.0220 e. The molecular weight excluding hydrogens is 148 g/mol. The molecule has 12 heavy (non-hydrogen) atoms. The molecule has 0 atom stereocenters. The van der Waals surface area contributed by atoms with Gasteiger partial charge in [0.25, 0.3) is 0 Å². The Kier molecular flexibility index (Phi) is 2.47. The molecule has 1 aromatic rings. The molecule has 2 nitrogen and oxygen atoms in total. The van der Waals surface area contributed by atoms with Crippen molar-refractivity contribution in [2.45, 2.75) is 25.8 Å². The van der Waals surface area contributed by atoms with Gasteiger partial charge in [0, 0.05) is 18.9 Å². The molecule has 0 aromatic carbocycles. The zero-order valence-electron chi connectivity index (χ0n) is 7.34. The van der Waals surface area contributed by atoms with Gasteiger partial charge in [0.05, 0.1) is 0 Å². The van der Waals surface area contributed by atoms with Crippen LogP contribution in [-0.4, -0.2) is 11.5 Å². The summed E-state index contributed by atoms with van der Waals surface area (Å²) in [5.74, 6) is 0.962. The molecule has 2 N–H and O–H groups in total. The minimum Gasteiger partial charge on any atom is -0.367 e. The lowest BCUT2D eigenvalue weighted by Crippen LogP contribution is -2.26. The molecule has 1 aliphatic rings. The molecule has 0 radical (unpaired) electrons. The summed E-state index contributed by atoms with van der Waals surface area (Å²) in [7, 11) is 0. The quantitative estimate of drug-likeness (QED) is 0.699. The van der Waals surface area contributed by atoms with E-state index in [9.17, 15) is 0 Å². The molecule has 0 saturated heterocycles. The first-order chi connectivity index (χ1) is 5.95. The smallest absolute Gasteiger partial charge is 0.0220 e. The molecule has 0 amide bonds. The summed E-state index contributed by atoms with van der Waals surface area (Å²) in [6, 6.07) is 2.12. The van der Waals surface area contributed by atoms with Gasteiger partial charge in [-0.15, -0.1) is 0 Å². The lowest BCUT2D eigenvalue weighted by atomic mass is 9.85. The minimum absolute atomic E-state index is 0.962. The summed E-state index contributed by atoms with van der Waals surface area (Å²) >= 11 is 0. The number of nitrogens with one attached hydrogen (secondary N) is 2. The van der Waals surface area contributed by atoms with Crippen LogP contribution in [0.3, 0.4) is 0 Å². The topological polar surface area (TPSA) is 27.8 Å². The van der Waals surface area contributed by atoms with E-state index in [2.05, 4.69) is 16.4 Å². The normalized spacial score (nSPS) is 17.7. The second-order valence-corrected chi connectivity index (χ2v) is 3.65. The van der Waals surface area contributed by atoms with Crippen molar-refractivity contribution in [1.82, 2.24) is 10.3 Å². The van der Waals surface area contributed by atoms with Crippen LogP contribution in [0.1, 0.15) is 24.8 Å². The molecule has 1 saturated carbocycles. The Bertz CT molecular complexity index is 212. The molecule has 1 aliphatic carbocycles. The Hall–Kier alpha value is -0.760. The Labute approximate surface area is 73.4 Å². The number of hydrogen-bond acceptors (Lipinski definition) is 1. The van der Waals surface area contributed by atoms with Crippen molar-refractivity contribution in [1.29, 1.82) is 0 Å². The van der Waals surface area contributed by atoms with Crippen LogP contribution in [0.4, 0.5) is 0 Å². The van der Waals surface area contributed by atoms with Crippen LogP contribution in [0.25, 0.3) is 0 Å². The third-order valence-electron chi connectivity index (χ3n) is 2.65. The highest BCUT2D eigenvalue weighted by atomic mass is 14.9. The highest BCUT2D eigenvalue weighted by Crippen LogP contribution is 2.25. The fraction of sp³-hybridized carbons (Fsp3) is 0.600. The number of H-pyrrole nitrogens is 1. The Morgan fingerprint density at radius 2 is 2.42 bits per heavy atom. The van der Waals surface area contributed by atoms with E-state index in [4.69, 9.17) is 0 Å². The van der Waals surface area contributed by atoms with Crippen molar-refractivity contribution in [3.8, 4) is 0 Å². The molecule has 66 valence electrons. The third kappa shape index (κ3) is 1.89. The Balaban J connectivity index is 1.62. The summed E-state index contributed by atoms with van der Waals surface area (Å²) in [5.41, 5.74) is 1.36. The van der Waals surface area contributed by atoms with Crippen LogP contribution in [0.2, 0.25) is 0 Å². The summed E-state index contributed by atoms with van der Waals surface area (Å²) in [5, 5.41) is 3.47. The monoisotopic (exact) mass is 164 g/mol. The van der Waals surface area contributed by atoms with Crippen LogP contribution < -0.4 is 5.32 Å². The van der Waals surface area contributed by atoms with E-state index in [0.29, 0.717) is 0 Å². The van der Waals surface area contributed by atoms with Gasteiger partial charge in [0.2, 0.25) is 0 Å². The predicted molar refractivity (Wildman–Crippen MR) is 49.8 cm³/mol. The molecule has 0 unspecified atom stereocenters. The van der Waals surface area contributed by atoms with Gasteiger partial charge in [-0.3, -0.25) is 0 Å². The van der Waals surface area contributed by atoms with Gasteiger partial charge in [-0.25, -0.2) is 0 Å². The highest BCUT2D eigenvalue weighted by molar-refractivity contribution is 5.07. The molecule has 2 rings (SSSR count). The molecule has 1 aromatic heterocycles. The molecule has 0 spiro atoms. The lowest BCUT2D eigenvalue weighted by molar-refractivity contribution is 0.301. The van der Waals surface area contributed by atoms with Gasteiger partial charge in [0.1, 0.15) is 0 Å². The first-order valence-electron chi connectivity index (χ1n) is 4.77. The van der Waals surface area contributed by atoms with Gasteiger partial charge in [-0.2, -0.15) is 0 Å². The Morgan fingerprint density at radius 3 is 3.00 bits per heavy atom. The maximum absolute atomic E-state index is 3.47. The summed E-state index contributed by atoms with van der Waals surface area (Å²) in [6.07, 6.45) is 8.32. The molecule has 2 heteroatoms. The van der Waals surface area contributed by atoms with Crippen molar-refractivity contribution < 1.29 is 0 Å². The van der Waals surface area contributed by atoms with Crippen LogP contribution in [-0.2, 0) is 6.54 Å².